The zero-order chi connectivity index (χ0) is 13.5. The fraction of sp³-hybridized carbons (Fsp3) is 0.917. The van der Waals surface area contributed by atoms with Crippen LogP contribution in [0.2, 0.25) is 0 Å². The van der Waals surface area contributed by atoms with Crippen LogP contribution in [-0.4, -0.2) is 43.0 Å². The third-order valence-corrected chi connectivity index (χ3v) is 2.00. The van der Waals surface area contributed by atoms with Crippen LogP contribution in [0.3, 0.4) is 0 Å². The Hall–Kier alpha value is -0.810. The summed E-state index contributed by atoms with van der Waals surface area (Å²) in [5.74, 6) is 0. The fourth-order valence-corrected chi connectivity index (χ4v) is 1.05. The molecule has 0 aromatic rings. The van der Waals surface area contributed by atoms with E-state index in [1.165, 1.54) is 0 Å². The zero-order valence-electron chi connectivity index (χ0n) is 11.6. The number of rotatable bonds is 6. The van der Waals surface area contributed by atoms with Crippen LogP contribution in [-0.2, 0) is 4.74 Å². The van der Waals surface area contributed by atoms with E-state index in [0.717, 1.165) is 0 Å². The number of hydrogen-bond donors (Lipinski definition) is 3. The number of hydrogen-bond acceptors (Lipinski definition) is 4. The molecule has 0 unspecified atom stereocenters. The molecular formula is C12H26N2O3. The topological polar surface area (TPSA) is 70.6 Å². The van der Waals surface area contributed by atoms with E-state index in [2.05, 4.69) is 10.6 Å². The van der Waals surface area contributed by atoms with Crippen LogP contribution in [0.4, 0.5) is 4.79 Å². The van der Waals surface area contributed by atoms with E-state index >= 15 is 0 Å². The quantitative estimate of drug-likeness (QED) is 0.614. The predicted molar refractivity (Wildman–Crippen MR) is 68.0 cm³/mol. The number of nitrogens with one attached hydrogen (secondary N) is 2. The summed E-state index contributed by atoms with van der Waals surface area (Å²) < 4.78 is 5.09. The number of aliphatic hydroxyl groups is 1. The smallest absolute Gasteiger partial charge is 0.407 e. The molecule has 0 saturated heterocycles. The Kier molecular flexibility index (Phi) is 6.49. The van der Waals surface area contributed by atoms with Crippen molar-refractivity contribution in [1.29, 1.82) is 0 Å². The molecular weight excluding hydrogens is 220 g/mol. The van der Waals surface area contributed by atoms with Crippen molar-refractivity contribution < 1.29 is 14.6 Å². The van der Waals surface area contributed by atoms with Crippen LogP contribution in [0.15, 0.2) is 0 Å². The molecule has 0 saturated carbocycles. The van der Waals surface area contributed by atoms with Gasteiger partial charge < -0.3 is 20.5 Å². The molecule has 1 amide bonds. The van der Waals surface area contributed by atoms with Gasteiger partial charge in [-0.25, -0.2) is 4.79 Å². The standard InChI is InChI=1S/C12H26N2O3/c1-11(2,3)17-10(16)14-7-6-13-8-12(4,5)9-15/h13,15H,6-9H2,1-5H3,(H,14,16). The Bertz CT molecular complexity index is 234. The first kappa shape index (κ1) is 16.2. The van der Waals surface area contributed by atoms with Gasteiger partial charge in [0, 0.05) is 31.7 Å². The Morgan fingerprint density at radius 2 is 1.76 bits per heavy atom. The lowest BCUT2D eigenvalue weighted by Crippen LogP contribution is -2.39. The summed E-state index contributed by atoms with van der Waals surface area (Å²) in [5.41, 5.74) is -0.595. The summed E-state index contributed by atoms with van der Waals surface area (Å²) in [6.45, 7) is 11.4. The number of alkyl carbamates (subject to hydrolysis) is 1. The van der Waals surface area contributed by atoms with Gasteiger partial charge in [0.15, 0.2) is 0 Å². The van der Waals surface area contributed by atoms with Crippen molar-refractivity contribution in [2.45, 2.75) is 40.2 Å². The number of carbonyl (C=O) groups is 1. The van der Waals surface area contributed by atoms with Crippen LogP contribution < -0.4 is 10.6 Å². The van der Waals surface area contributed by atoms with Gasteiger partial charge in [0.1, 0.15) is 5.60 Å². The van der Waals surface area contributed by atoms with Crippen molar-refractivity contribution in [3.05, 3.63) is 0 Å². The normalized spacial score (nSPS) is 12.4. The Morgan fingerprint density at radius 3 is 2.24 bits per heavy atom. The molecule has 17 heavy (non-hydrogen) atoms. The Labute approximate surface area is 104 Å². The highest BCUT2D eigenvalue weighted by atomic mass is 16.6. The SMILES string of the molecule is CC(C)(CO)CNCCNC(=O)OC(C)(C)C. The van der Waals surface area contributed by atoms with Crippen LogP contribution >= 0.6 is 0 Å². The average molecular weight is 246 g/mol. The molecule has 0 aliphatic carbocycles. The molecule has 0 bridgehead atoms. The number of carbonyl (C=O) groups excluding carboxylic acids is 1. The van der Waals surface area contributed by atoms with Crippen molar-refractivity contribution in [3.8, 4) is 0 Å². The highest BCUT2D eigenvalue weighted by molar-refractivity contribution is 5.67. The molecule has 0 aliphatic heterocycles. The van der Waals surface area contributed by atoms with E-state index in [-0.39, 0.29) is 12.0 Å². The summed E-state index contributed by atoms with van der Waals surface area (Å²) in [6.07, 6.45) is -0.402. The molecule has 0 fully saturated rings. The van der Waals surface area contributed by atoms with Crippen LogP contribution in [0.5, 0.6) is 0 Å². The molecule has 0 aromatic carbocycles. The first-order chi connectivity index (χ1) is 7.66. The molecule has 102 valence electrons. The lowest BCUT2D eigenvalue weighted by molar-refractivity contribution is 0.0527. The van der Waals surface area contributed by atoms with Crippen LogP contribution in [0.25, 0.3) is 0 Å². The van der Waals surface area contributed by atoms with E-state index in [0.29, 0.717) is 19.6 Å². The van der Waals surface area contributed by atoms with Crippen LogP contribution in [0.1, 0.15) is 34.6 Å². The van der Waals surface area contributed by atoms with Gasteiger partial charge in [-0.1, -0.05) is 13.8 Å². The maximum absolute atomic E-state index is 11.3. The lowest BCUT2D eigenvalue weighted by atomic mass is 9.95. The van der Waals surface area contributed by atoms with E-state index < -0.39 is 11.7 Å². The number of ether oxygens (including phenoxy) is 1. The summed E-state index contributed by atoms with van der Waals surface area (Å²) >= 11 is 0. The lowest BCUT2D eigenvalue weighted by Gasteiger charge is -2.22. The van der Waals surface area contributed by atoms with Gasteiger partial charge >= 0.3 is 6.09 Å². The third-order valence-electron chi connectivity index (χ3n) is 2.00. The first-order valence-electron chi connectivity index (χ1n) is 5.95. The Morgan fingerprint density at radius 1 is 1.18 bits per heavy atom. The van der Waals surface area contributed by atoms with Gasteiger partial charge in [0.2, 0.25) is 0 Å². The maximum atomic E-state index is 11.3. The van der Waals surface area contributed by atoms with Gasteiger partial charge in [-0.15, -0.1) is 0 Å². The van der Waals surface area contributed by atoms with E-state index in [4.69, 9.17) is 9.84 Å². The van der Waals surface area contributed by atoms with E-state index in [1.807, 2.05) is 34.6 Å². The fourth-order valence-electron chi connectivity index (χ4n) is 1.05. The molecule has 0 spiro atoms. The Balaban J connectivity index is 3.56. The van der Waals surface area contributed by atoms with Gasteiger partial charge in [-0.3, -0.25) is 0 Å². The second-order valence-electron chi connectivity index (χ2n) is 5.93. The summed E-state index contributed by atoms with van der Waals surface area (Å²) in [4.78, 5) is 11.3. The second kappa shape index (κ2) is 6.81. The molecule has 5 nitrogen and oxygen atoms in total. The highest BCUT2D eigenvalue weighted by Gasteiger charge is 2.16. The minimum absolute atomic E-state index is 0.133. The summed E-state index contributed by atoms with van der Waals surface area (Å²) in [7, 11) is 0. The molecule has 0 atom stereocenters. The van der Waals surface area contributed by atoms with E-state index in [9.17, 15) is 4.79 Å². The molecule has 0 aliphatic rings. The average Bonchev–Trinajstić information content (AvgIpc) is 2.14. The zero-order valence-corrected chi connectivity index (χ0v) is 11.6. The minimum Gasteiger partial charge on any atom is -0.444 e. The number of aliphatic hydroxyl groups excluding tert-OH is 1. The summed E-state index contributed by atoms with van der Waals surface area (Å²) in [5, 5.41) is 14.9. The molecule has 0 aromatic heterocycles. The van der Waals surface area contributed by atoms with Crippen molar-refractivity contribution in [2.24, 2.45) is 5.41 Å². The molecule has 0 heterocycles. The van der Waals surface area contributed by atoms with E-state index in [1.54, 1.807) is 0 Å². The van der Waals surface area contributed by atoms with Crippen molar-refractivity contribution in [1.82, 2.24) is 10.6 Å². The van der Waals surface area contributed by atoms with Gasteiger partial charge in [0.05, 0.1) is 0 Å². The second-order valence-corrected chi connectivity index (χ2v) is 5.93. The van der Waals surface area contributed by atoms with Crippen molar-refractivity contribution >= 4 is 6.09 Å². The highest BCUT2D eigenvalue weighted by Crippen LogP contribution is 2.10. The third kappa shape index (κ3) is 10.1. The predicted octanol–water partition coefficient (Wildman–Crippen LogP) is 1.12. The van der Waals surface area contributed by atoms with Crippen molar-refractivity contribution in [3.63, 3.8) is 0 Å². The largest absolute Gasteiger partial charge is 0.444 e. The van der Waals surface area contributed by atoms with Gasteiger partial charge in [-0.2, -0.15) is 0 Å². The maximum Gasteiger partial charge on any atom is 0.407 e. The molecule has 3 N–H and O–H groups in total. The molecule has 0 radical (unpaired) electrons. The minimum atomic E-state index is -0.462. The molecule has 0 rings (SSSR count). The van der Waals surface area contributed by atoms with Crippen molar-refractivity contribution in [2.75, 3.05) is 26.2 Å². The van der Waals surface area contributed by atoms with Gasteiger partial charge in [-0.05, 0) is 20.8 Å². The molecule has 5 heteroatoms. The van der Waals surface area contributed by atoms with Gasteiger partial charge in [0.25, 0.3) is 0 Å². The number of amides is 1. The summed E-state index contributed by atoms with van der Waals surface area (Å²) in [6, 6.07) is 0. The first-order valence-corrected chi connectivity index (χ1v) is 5.95. The monoisotopic (exact) mass is 246 g/mol. The van der Waals surface area contributed by atoms with Crippen LogP contribution in [0, 0.1) is 5.41 Å².